The van der Waals surface area contributed by atoms with Crippen LogP contribution in [0.3, 0.4) is 0 Å². The van der Waals surface area contributed by atoms with Crippen molar-refractivity contribution in [3.8, 4) is 0 Å². The summed E-state index contributed by atoms with van der Waals surface area (Å²) in [6.45, 7) is 2.00. The minimum atomic E-state index is -0.0319. The molecular weight excluding hydrogens is 207 g/mol. The van der Waals surface area contributed by atoms with Gasteiger partial charge in [0.15, 0.2) is 0 Å². The second kappa shape index (κ2) is 4.18. The minimum absolute atomic E-state index is 0.0319. The number of nitrogens with two attached hydrogens (primary N) is 2. The van der Waals surface area contributed by atoms with E-state index in [1.807, 2.05) is 6.92 Å². The summed E-state index contributed by atoms with van der Waals surface area (Å²) in [5.41, 5.74) is 12.7. The van der Waals surface area contributed by atoms with Gasteiger partial charge >= 0.3 is 0 Å². The maximum absolute atomic E-state index is 5.86. The fourth-order valence-corrected chi connectivity index (χ4v) is 1.56. The summed E-state index contributed by atoms with van der Waals surface area (Å²) in [6, 6.07) is 3.49. The number of anilines is 1. The molecule has 13 heavy (non-hydrogen) atoms. The lowest BCUT2D eigenvalue weighted by Crippen LogP contribution is -2.08. The van der Waals surface area contributed by atoms with Crippen molar-refractivity contribution in [3.63, 3.8) is 0 Å². The zero-order valence-corrected chi connectivity index (χ0v) is 8.86. The van der Waals surface area contributed by atoms with E-state index in [-0.39, 0.29) is 6.04 Å². The van der Waals surface area contributed by atoms with E-state index in [1.54, 1.807) is 12.1 Å². The Morgan fingerprint density at radius 1 is 1.31 bits per heavy atom. The molecule has 0 aliphatic rings. The summed E-state index contributed by atoms with van der Waals surface area (Å²) < 4.78 is 0. The Balaban J connectivity index is 3.13. The van der Waals surface area contributed by atoms with Crippen molar-refractivity contribution >= 4 is 28.9 Å². The summed E-state index contributed by atoms with van der Waals surface area (Å²) in [5.74, 6) is 0. The molecule has 72 valence electrons. The Labute approximate surface area is 87.8 Å². The lowest BCUT2D eigenvalue weighted by atomic mass is 10.1. The SMILES string of the molecule is CCC(N)c1cc(Cl)c(N)c(Cl)c1. The van der Waals surface area contributed by atoms with Gasteiger partial charge in [-0.3, -0.25) is 0 Å². The smallest absolute Gasteiger partial charge is 0.0693 e. The Bertz CT molecular complexity index is 289. The van der Waals surface area contributed by atoms with Crippen molar-refractivity contribution in [1.29, 1.82) is 0 Å². The van der Waals surface area contributed by atoms with Crippen LogP contribution in [-0.2, 0) is 0 Å². The van der Waals surface area contributed by atoms with Gasteiger partial charge in [0.05, 0.1) is 15.7 Å². The normalized spacial score (nSPS) is 12.9. The third-order valence-corrected chi connectivity index (χ3v) is 2.59. The van der Waals surface area contributed by atoms with Crippen LogP contribution in [0.25, 0.3) is 0 Å². The van der Waals surface area contributed by atoms with Gasteiger partial charge in [0.25, 0.3) is 0 Å². The number of halogens is 2. The molecule has 0 fully saturated rings. The van der Waals surface area contributed by atoms with Gasteiger partial charge < -0.3 is 11.5 Å². The summed E-state index contributed by atoms with van der Waals surface area (Å²) in [4.78, 5) is 0. The van der Waals surface area contributed by atoms with E-state index in [9.17, 15) is 0 Å². The van der Waals surface area contributed by atoms with Crippen LogP contribution in [-0.4, -0.2) is 0 Å². The summed E-state index contributed by atoms with van der Waals surface area (Å²) >= 11 is 11.7. The predicted molar refractivity (Wildman–Crippen MR) is 58.1 cm³/mol. The van der Waals surface area contributed by atoms with E-state index in [0.717, 1.165) is 12.0 Å². The molecule has 1 atom stereocenters. The molecular formula is C9H12Cl2N2. The first-order chi connectivity index (χ1) is 6.06. The quantitative estimate of drug-likeness (QED) is 0.751. The first-order valence-electron chi connectivity index (χ1n) is 4.06. The largest absolute Gasteiger partial charge is 0.396 e. The molecule has 1 unspecified atom stereocenters. The van der Waals surface area contributed by atoms with Gasteiger partial charge in [-0.05, 0) is 24.1 Å². The lowest BCUT2D eigenvalue weighted by Gasteiger charge is -2.11. The summed E-state index contributed by atoms with van der Waals surface area (Å²) in [5, 5.41) is 0.929. The predicted octanol–water partition coefficient (Wildman–Crippen LogP) is 2.99. The lowest BCUT2D eigenvalue weighted by molar-refractivity contribution is 0.699. The molecule has 0 aliphatic heterocycles. The molecule has 0 heterocycles. The van der Waals surface area contributed by atoms with Gasteiger partial charge in [0.2, 0.25) is 0 Å². The topological polar surface area (TPSA) is 52.0 Å². The Morgan fingerprint density at radius 3 is 2.15 bits per heavy atom. The molecule has 0 saturated carbocycles. The Morgan fingerprint density at radius 2 is 1.77 bits per heavy atom. The van der Waals surface area contributed by atoms with Crippen LogP contribution in [0.1, 0.15) is 24.9 Å². The monoisotopic (exact) mass is 218 g/mol. The molecule has 0 amide bonds. The van der Waals surface area contributed by atoms with E-state index < -0.39 is 0 Å². The summed E-state index contributed by atoms with van der Waals surface area (Å²) in [7, 11) is 0. The molecule has 0 aromatic heterocycles. The van der Waals surface area contributed by atoms with Crippen molar-refractivity contribution in [2.45, 2.75) is 19.4 Å². The average Bonchev–Trinajstić information content (AvgIpc) is 2.12. The first kappa shape index (κ1) is 10.6. The molecule has 4 heteroatoms. The third-order valence-electron chi connectivity index (χ3n) is 1.97. The molecule has 0 aliphatic carbocycles. The fraction of sp³-hybridized carbons (Fsp3) is 0.333. The van der Waals surface area contributed by atoms with Crippen molar-refractivity contribution in [3.05, 3.63) is 27.7 Å². The molecule has 1 rings (SSSR count). The minimum Gasteiger partial charge on any atom is -0.396 e. The Kier molecular flexibility index (Phi) is 3.42. The molecule has 1 aromatic carbocycles. The highest BCUT2D eigenvalue weighted by Gasteiger charge is 2.08. The van der Waals surface area contributed by atoms with Gasteiger partial charge in [-0.15, -0.1) is 0 Å². The highest BCUT2D eigenvalue weighted by Crippen LogP contribution is 2.31. The first-order valence-corrected chi connectivity index (χ1v) is 4.81. The van der Waals surface area contributed by atoms with Crippen molar-refractivity contribution in [2.75, 3.05) is 5.73 Å². The molecule has 0 spiro atoms. The van der Waals surface area contributed by atoms with Crippen molar-refractivity contribution in [1.82, 2.24) is 0 Å². The zero-order chi connectivity index (χ0) is 10.0. The van der Waals surface area contributed by atoms with E-state index in [4.69, 9.17) is 34.7 Å². The zero-order valence-electron chi connectivity index (χ0n) is 7.35. The number of nitrogen functional groups attached to an aromatic ring is 1. The van der Waals surface area contributed by atoms with E-state index in [1.165, 1.54) is 0 Å². The van der Waals surface area contributed by atoms with Gasteiger partial charge in [0.1, 0.15) is 0 Å². The van der Waals surface area contributed by atoms with Crippen LogP contribution in [0.4, 0.5) is 5.69 Å². The Hall–Kier alpha value is -0.440. The van der Waals surface area contributed by atoms with E-state index in [2.05, 4.69) is 0 Å². The maximum atomic E-state index is 5.86. The second-order valence-electron chi connectivity index (χ2n) is 2.91. The van der Waals surface area contributed by atoms with Crippen molar-refractivity contribution in [2.24, 2.45) is 5.73 Å². The number of rotatable bonds is 2. The molecule has 0 radical (unpaired) electrons. The average molecular weight is 219 g/mol. The van der Waals surface area contributed by atoms with E-state index >= 15 is 0 Å². The van der Waals surface area contributed by atoms with Crippen molar-refractivity contribution < 1.29 is 0 Å². The van der Waals surface area contributed by atoms with Crippen LogP contribution < -0.4 is 11.5 Å². The molecule has 2 nitrogen and oxygen atoms in total. The number of hydrogen-bond donors (Lipinski definition) is 2. The second-order valence-corrected chi connectivity index (χ2v) is 3.73. The molecule has 4 N–H and O–H groups in total. The van der Waals surface area contributed by atoms with Crippen LogP contribution in [0.2, 0.25) is 10.0 Å². The third kappa shape index (κ3) is 2.27. The number of benzene rings is 1. The maximum Gasteiger partial charge on any atom is 0.0693 e. The van der Waals surface area contributed by atoms with Gasteiger partial charge in [-0.25, -0.2) is 0 Å². The van der Waals surface area contributed by atoms with Crippen LogP contribution in [0, 0.1) is 0 Å². The molecule has 0 bridgehead atoms. The van der Waals surface area contributed by atoms with E-state index in [0.29, 0.717) is 15.7 Å². The standard InChI is InChI=1S/C9H12Cl2N2/c1-2-8(12)5-3-6(10)9(13)7(11)4-5/h3-4,8H,2,12-13H2,1H3. The highest BCUT2D eigenvalue weighted by molar-refractivity contribution is 6.38. The highest BCUT2D eigenvalue weighted by atomic mass is 35.5. The van der Waals surface area contributed by atoms with Crippen LogP contribution in [0.15, 0.2) is 12.1 Å². The fourth-order valence-electron chi connectivity index (χ4n) is 1.05. The summed E-state index contributed by atoms with van der Waals surface area (Å²) in [6.07, 6.45) is 0.844. The van der Waals surface area contributed by atoms with Gasteiger partial charge in [-0.1, -0.05) is 30.1 Å². The van der Waals surface area contributed by atoms with Gasteiger partial charge in [-0.2, -0.15) is 0 Å². The van der Waals surface area contributed by atoms with Crippen LogP contribution >= 0.6 is 23.2 Å². The molecule has 0 saturated heterocycles. The number of hydrogen-bond acceptors (Lipinski definition) is 2. The van der Waals surface area contributed by atoms with Crippen LogP contribution in [0.5, 0.6) is 0 Å². The van der Waals surface area contributed by atoms with Gasteiger partial charge in [0, 0.05) is 6.04 Å². The molecule has 1 aromatic rings.